The van der Waals surface area contributed by atoms with E-state index in [1.54, 1.807) is 0 Å². The molecule has 0 amide bonds. The minimum Gasteiger partial charge on any atom is -0.326 e. The number of nitrogens with one attached hydrogen (secondary N) is 1. The summed E-state index contributed by atoms with van der Waals surface area (Å²) in [6.45, 7) is 12.6. The van der Waals surface area contributed by atoms with Gasteiger partial charge in [-0.2, -0.15) is 0 Å². The largest absolute Gasteiger partial charge is 0.326 e. The first kappa shape index (κ1) is 14.2. The third-order valence-electron chi connectivity index (χ3n) is 3.09. The molecule has 1 aromatic rings. The summed E-state index contributed by atoms with van der Waals surface area (Å²) in [6.07, 6.45) is 0.997. The van der Waals surface area contributed by atoms with Crippen LogP contribution < -0.4 is 11.1 Å². The zero-order chi connectivity index (χ0) is 13.1. The van der Waals surface area contributed by atoms with Crippen LogP contribution in [0.4, 0.5) is 0 Å². The van der Waals surface area contributed by atoms with Gasteiger partial charge in [0.05, 0.1) is 0 Å². The van der Waals surface area contributed by atoms with Crippen LogP contribution in [0, 0.1) is 20.8 Å². The van der Waals surface area contributed by atoms with Gasteiger partial charge in [0.25, 0.3) is 0 Å². The monoisotopic (exact) mass is 234 g/mol. The molecule has 0 radical (unpaired) electrons. The van der Waals surface area contributed by atoms with E-state index in [2.05, 4.69) is 52.1 Å². The maximum absolute atomic E-state index is 5.95. The average Bonchev–Trinajstić information content (AvgIpc) is 2.13. The van der Waals surface area contributed by atoms with Crippen LogP contribution in [0.2, 0.25) is 0 Å². The first-order chi connectivity index (χ1) is 7.79. The molecule has 0 aliphatic carbocycles. The minimum atomic E-state index is -0.0790. The summed E-state index contributed by atoms with van der Waals surface area (Å²) in [4.78, 5) is 0. The number of hydrogen-bond acceptors (Lipinski definition) is 2. The van der Waals surface area contributed by atoms with E-state index in [4.69, 9.17) is 5.73 Å². The molecule has 0 bridgehead atoms. The lowest BCUT2D eigenvalue weighted by Crippen LogP contribution is -2.35. The molecule has 0 saturated carbocycles. The van der Waals surface area contributed by atoms with Gasteiger partial charge in [0.2, 0.25) is 0 Å². The Morgan fingerprint density at radius 1 is 1.12 bits per heavy atom. The molecule has 0 heterocycles. The van der Waals surface area contributed by atoms with Crippen LogP contribution in [0.3, 0.4) is 0 Å². The van der Waals surface area contributed by atoms with Gasteiger partial charge in [0.1, 0.15) is 0 Å². The van der Waals surface area contributed by atoms with Gasteiger partial charge in [-0.25, -0.2) is 0 Å². The van der Waals surface area contributed by atoms with Gasteiger partial charge in [0, 0.05) is 12.1 Å². The topological polar surface area (TPSA) is 38.0 Å². The summed E-state index contributed by atoms with van der Waals surface area (Å²) in [5.41, 5.74) is 11.4. The van der Waals surface area contributed by atoms with Crippen LogP contribution in [0.1, 0.15) is 42.5 Å². The Morgan fingerprint density at radius 2 is 1.65 bits per heavy atom. The van der Waals surface area contributed by atoms with Gasteiger partial charge in [0.15, 0.2) is 0 Å². The van der Waals surface area contributed by atoms with Gasteiger partial charge in [-0.3, -0.25) is 0 Å². The smallest absolute Gasteiger partial charge is 0.0210 e. The van der Waals surface area contributed by atoms with Crippen LogP contribution in [-0.2, 0) is 6.54 Å². The number of hydrogen-bond donors (Lipinski definition) is 2. The lowest BCUT2D eigenvalue weighted by atomic mass is 9.99. The summed E-state index contributed by atoms with van der Waals surface area (Å²) >= 11 is 0. The lowest BCUT2D eigenvalue weighted by molar-refractivity contribution is 0.454. The molecule has 0 fully saturated rings. The zero-order valence-electron chi connectivity index (χ0n) is 11.9. The highest BCUT2D eigenvalue weighted by molar-refractivity contribution is 5.37. The highest BCUT2D eigenvalue weighted by Gasteiger charge is 2.09. The Morgan fingerprint density at radius 3 is 2.12 bits per heavy atom. The van der Waals surface area contributed by atoms with Crippen LogP contribution in [0.5, 0.6) is 0 Å². The fourth-order valence-electron chi connectivity index (χ4n) is 2.11. The Balaban J connectivity index is 2.53. The van der Waals surface area contributed by atoms with Crippen molar-refractivity contribution in [1.82, 2.24) is 5.32 Å². The highest BCUT2D eigenvalue weighted by atomic mass is 14.9. The van der Waals surface area contributed by atoms with Crippen molar-refractivity contribution in [2.24, 2.45) is 5.73 Å². The fraction of sp³-hybridized carbons (Fsp3) is 0.600. The van der Waals surface area contributed by atoms with Crippen molar-refractivity contribution in [3.8, 4) is 0 Å². The van der Waals surface area contributed by atoms with Crippen LogP contribution in [0.25, 0.3) is 0 Å². The van der Waals surface area contributed by atoms with E-state index in [-0.39, 0.29) is 5.54 Å². The molecule has 0 spiro atoms. The van der Waals surface area contributed by atoms with Crippen LogP contribution in [0.15, 0.2) is 12.1 Å². The van der Waals surface area contributed by atoms with Gasteiger partial charge in [-0.05, 0) is 64.3 Å². The van der Waals surface area contributed by atoms with Crippen LogP contribution >= 0.6 is 0 Å². The second kappa shape index (κ2) is 5.65. The van der Waals surface area contributed by atoms with Gasteiger partial charge >= 0.3 is 0 Å². The quantitative estimate of drug-likeness (QED) is 0.769. The third-order valence-corrected chi connectivity index (χ3v) is 3.09. The second-order valence-electron chi connectivity index (χ2n) is 5.79. The molecule has 96 valence electrons. The number of aryl methyl sites for hydroxylation is 3. The minimum absolute atomic E-state index is 0.0790. The molecule has 17 heavy (non-hydrogen) atoms. The summed E-state index contributed by atoms with van der Waals surface area (Å²) < 4.78 is 0. The molecular weight excluding hydrogens is 208 g/mol. The van der Waals surface area contributed by atoms with E-state index in [1.807, 2.05) is 0 Å². The Kier molecular flexibility index (Phi) is 4.72. The first-order valence-electron chi connectivity index (χ1n) is 6.36. The summed E-state index contributed by atoms with van der Waals surface area (Å²) in [6, 6.07) is 4.49. The molecule has 0 saturated heterocycles. The molecule has 0 aliphatic rings. The van der Waals surface area contributed by atoms with Crippen molar-refractivity contribution in [1.29, 1.82) is 0 Å². The predicted molar refractivity (Wildman–Crippen MR) is 75.2 cm³/mol. The summed E-state index contributed by atoms with van der Waals surface area (Å²) in [5.74, 6) is 0. The molecule has 0 aliphatic heterocycles. The summed E-state index contributed by atoms with van der Waals surface area (Å²) in [5, 5.41) is 3.48. The fourth-order valence-corrected chi connectivity index (χ4v) is 2.11. The van der Waals surface area contributed by atoms with Crippen molar-refractivity contribution < 1.29 is 0 Å². The number of rotatable bonds is 5. The molecule has 2 nitrogen and oxygen atoms in total. The van der Waals surface area contributed by atoms with Crippen molar-refractivity contribution in [3.63, 3.8) is 0 Å². The van der Waals surface area contributed by atoms with E-state index in [0.717, 1.165) is 19.5 Å². The van der Waals surface area contributed by atoms with Crippen LogP contribution in [-0.4, -0.2) is 12.1 Å². The maximum Gasteiger partial charge on any atom is 0.0210 e. The molecule has 3 N–H and O–H groups in total. The molecular formula is C15H26N2. The molecule has 0 atom stereocenters. The maximum atomic E-state index is 5.95. The Labute approximate surface area is 106 Å². The SMILES string of the molecule is Cc1cc(C)c(CNCCC(C)(C)N)c(C)c1. The van der Waals surface area contributed by atoms with Crippen molar-refractivity contribution >= 4 is 0 Å². The van der Waals surface area contributed by atoms with E-state index < -0.39 is 0 Å². The molecule has 0 unspecified atom stereocenters. The van der Waals surface area contributed by atoms with E-state index in [0.29, 0.717) is 0 Å². The first-order valence-corrected chi connectivity index (χ1v) is 6.36. The second-order valence-corrected chi connectivity index (χ2v) is 5.79. The average molecular weight is 234 g/mol. The van der Waals surface area contributed by atoms with E-state index in [1.165, 1.54) is 22.3 Å². The third kappa shape index (κ3) is 4.88. The normalized spacial score (nSPS) is 11.9. The van der Waals surface area contributed by atoms with E-state index >= 15 is 0 Å². The molecule has 0 aromatic heterocycles. The predicted octanol–water partition coefficient (Wildman–Crippen LogP) is 2.83. The highest BCUT2D eigenvalue weighted by Crippen LogP contribution is 2.16. The lowest BCUT2D eigenvalue weighted by Gasteiger charge is -2.19. The van der Waals surface area contributed by atoms with Gasteiger partial charge in [-0.1, -0.05) is 17.7 Å². The Hall–Kier alpha value is -0.860. The molecule has 1 aromatic carbocycles. The Bertz CT molecular complexity index is 352. The van der Waals surface area contributed by atoms with Gasteiger partial charge < -0.3 is 11.1 Å². The molecule has 1 rings (SSSR count). The molecule has 2 heteroatoms. The summed E-state index contributed by atoms with van der Waals surface area (Å²) in [7, 11) is 0. The zero-order valence-corrected chi connectivity index (χ0v) is 11.9. The number of benzene rings is 1. The van der Waals surface area contributed by atoms with Gasteiger partial charge in [-0.15, -0.1) is 0 Å². The standard InChI is InChI=1S/C15H26N2/c1-11-8-12(2)14(13(3)9-11)10-17-7-6-15(4,5)16/h8-9,17H,6-7,10,16H2,1-5H3. The van der Waals surface area contributed by atoms with Crippen molar-refractivity contribution in [2.45, 2.75) is 53.1 Å². The van der Waals surface area contributed by atoms with Crippen molar-refractivity contribution in [3.05, 3.63) is 34.4 Å². The van der Waals surface area contributed by atoms with E-state index in [9.17, 15) is 0 Å². The van der Waals surface area contributed by atoms with Crippen molar-refractivity contribution in [2.75, 3.05) is 6.54 Å². The number of nitrogens with two attached hydrogens (primary N) is 1.